The molecule has 7 nitrogen and oxygen atoms in total. The van der Waals surface area contributed by atoms with Crippen LogP contribution in [0, 0.1) is 0 Å². The van der Waals surface area contributed by atoms with E-state index in [-0.39, 0.29) is 51.4 Å². The third-order valence-electron chi connectivity index (χ3n) is 4.24. The molecule has 3 N–H and O–H groups in total. The van der Waals surface area contributed by atoms with Crippen molar-refractivity contribution < 1.29 is 18.0 Å². The van der Waals surface area contributed by atoms with Gasteiger partial charge in [0.25, 0.3) is 15.9 Å². The van der Waals surface area contributed by atoms with Gasteiger partial charge in [-0.3, -0.25) is 14.3 Å². The van der Waals surface area contributed by atoms with E-state index in [1.165, 1.54) is 42.5 Å². The van der Waals surface area contributed by atoms with Crippen LogP contribution in [0.5, 0.6) is 0 Å². The summed E-state index contributed by atoms with van der Waals surface area (Å²) in [6.07, 6.45) is 1.01. The fourth-order valence-corrected chi connectivity index (χ4v) is 4.25. The highest BCUT2D eigenvalue weighted by atomic mass is 35.5. The Balaban J connectivity index is 1.95. The van der Waals surface area contributed by atoms with Gasteiger partial charge in [-0.15, -0.1) is 0 Å². The standard InChI is InChI=1S/C20H23Cl2N3O4S/c1-3-13(2)24-19(26)10-11-23-20(27)14-4-7-16(8-5-14)25-30(28,29)18-12-15(21)6-9-17(18)22/h4-9,12-13,25H,3,10-11H2,1-2H3,(H,23,27)(H,24,26). The summed E-state index contributed by atoms with van der Waals surface area (Å²) in [6.45, 7) is 4.08. The van der Waals surface area contributed by atoms with Gasteiger partial charge < -0.3 is 10.6 Å². The largest absolute Gasteiger partial charge is 0.354 e. The van der Waals surface area contributed by atoms with E-state index in [2.05, 4.69) is 15.4 Å². The van der Waals surface area contributed by atoms with Gasteiger partial charge in [0, 0.05) is 35.3 Å². The highest BCUT2D eigenvalue weighted by Crippen LogP contribution is 2.26. The van der Waals surface area contributed by atoms with Crippen molar-refractivity contribution in [2.75, 3.05) is 11.3 Å². The number of halogens is 2. The van der Waals surface area contributed by atoms with E-state index >= 15 is 0 Å². The highest BCUT2D eigenvalue weighted by Gasteiger charge is 2.19. The first-order valence-electron chi connectivity index (χ1n) is 9.28. The SMILES string of the molecule is CCC(C)NC(=O)CCNC(=O)c1ccc(NS(=O)(=O)c2cc(Cl)ccc2Cl)cc1. The Morgan fingerprint density at radius 2 is 1.73 bits per heavy atom. The molecule has 10 heteroatoms. The summed E-state index contributed by atoms with van der Waals surface area (Å²) in [5, 5.41) is 5.76. The average molecular weight is 472 g/mol. The molecular formula is C20H23Cl2N3O4S. The Kier molecular flexibility index (Phi) is 8.52. The molecule has 0 aliphatic heterocycles. The van der Waals surface area contributed by atoms with E-state index in [4.69, 9.17) is 23.2 Å². The van der Waals surface area contributed by atoms with Gasteiger partial charge in [-0.25, -0.2) is 8.42 Å². The molecule has 0 saturated heterocycles. The maximum atomic E-state index is 12.5. The average Bonchev–Trinajstić information content (AvgIpc) is 2.69. The first-order valence-corrected chi connectivity index (χ1v) is 11.5. The van der Waals surface area contributed by atoms with Crippen molar-refractivity contribution in [3.8, 4) is 0 Å². The summed E-state index contributed by atoms with van der Waals surface area (Å²) in [4.78, 5) is 23.8. The summed E-state index contributed by atoms with van der Waals surface area (Å²) in [6, 6.07) is 10.1. The monoisotopic (exact) mass is 471 g/mol. The van der Waals surface area contributed by atoms with Gasteiger partial charge in [0.05, 0.1) is 5.02 Å². The molecule has 0 fully saturated rings. The zero-order valence-corrected chi connectivity index (χ0v) is 18.9. The van der Waals surface area contributed by atoms with Crippen LogP contribution in [0.2, 0.25) is 10.0 Å². The van der Waals surface area contributed by atoms with Crippen molar-refractivity contribution >= 4 is 50.7 Å². The van der Waals surface area contributed by atoms with Gasteiger partial charge in [-0.1, -0.05) is 30.1 Å². The molecule has 162 valence electrons. The molecule has 1 atom stereocenters. The number of benzene rings is 2. The second-order valence-electron chi connectivity index (χ2n) is 6.64. The molecule has 2 aromatic carbocycles. The number of hydrogen-bond acceptors (Lipinski definition) is 4. The molecule has 0 aliphatic rings. The fourth-order valence-electron chi connectivity index (χ4n) is 2.42. The van der Waals surface area contributed by atoms with Crippen molar-refractivity contribution in [1.82, 2.24) is 10.6 Å². The summed E-state index contributed by atoms with van der Waals surface area (Å²) < 4.78 is 27.4. The first-order chi connectivity index (χ1) is 14.1. The summed E-state index contributed by atoms with van der Waals surface area (Å²) in [5.74, 6) is -0.493. The Bertz CT molecular complexity index is 1010. The quantitative estimate of drug-likeness (QED) is 0.516. The third kappa shape index (κ3) is 6.90. The summed E-state index contributed by atoms with van der Waals surface area (Å²) in [7, 11) is -3.95. The molecule has 2 aromatic rings. The number of carbonyl (C=O) groups excluding carboxylic acids is 2. The molecule has 30 heavy (non-hydrogen) atoms. The van der Waals surface area contributed by atoms with Crippen LogP contribution < -0.4 is 15.4 Å². The van der Waals surface area contributed by atoms with E-state index in [1.807, 2.05) is 13.8 Å². The lowest BCUT2D eigenvalue weighted by atomic mass is 10.2. The van der Waals surface area contributed by atoms with Gasteiger partial charge >= 0.3 is 0 Å². The minimum atomic E-state index is -3.95. The molecular weight excluding hydrogens is 449 g/mol. The van der Waals surface area contributed by atoms with E-state index in [0.717, 1.165) is 6.42 Å². The van der Waals surface area contributed by atoms with Crippen molar-refractivity contribution in [3.63, 3.8) is 0 Å². The smallest absolute Gasteiger partial charge is 0.263 e. The zero-order valence-electron chi connectivity index (χ0n) is 16.5. The number of hydrogen-bond donors (Lipinski definition) is 3. The fraction of sp³-hybridized carbons (Fsp3) is 0.300. The van der Waals surface area contributed by atoms with Crippen LogP contribution in [0.25, 0.3) is 0 Å². The Labute approximate surface area is 186 Å². The molecule has 0 bridgehead atoms. The number of rotatable bonds is 9. The Morgan fingerprint density at radius 1 is 1.07 bits per heavy atom. The van der Waals surface area contributed by atoms with Crippen molar-refractivity contribution in [3.05, 3.63) is 58.1 Å². The normalized spacial score (nSPS) is 12.1. The van der Waals surface area contributed by atoms with Crippen LogP contribution in [0.3, 0.4) is 0 Å². The second kappa shape index (κ2) is 10.7. The lowest BCUT2D eigenvalue weighted by molar-refractivity contribution is -0.121. The zero-order chi connectivity index (χ0) is 22.3. The van der Waals surface area contributed by atoms with Crippen LogP contribution >= 0.6 is 23.2 Å². The molecule has 0 heterocycles. The van der Waals surface area contributed by atoms with E-state index in [1.54, 1.807) is 0 Å². The van der Waals surface area contributed by atoms with Crippen molar-refractivity contribution in [2.24, 2.45) is 0 Å². The predicted octanol–water partition coefficient (Wildman–Crippen LogP) is 3.83. The van der Waals surface area contributed by atoms with Gasteiger partial charge in [0.1, 0.15) is 4.90 Å². The maximum Gasteiger partial charge on any atom is 0.263 e. The predicted molar refractivity (Wildman–Crippen MR) is 119 cm³/mol. The molecule has 1 unspecified atom stereocenters. The number of anilines is 1. The number of carbonyl (C=O) groups is 2. The highest BCUT2D eigenvalue weighted by molar-refractivity contribution is 7.92. The van der Waals surface area contributed by atoms with E-state index < -0.39 is 10.0 Å². The van der Waals surface area contributed by atoms with Crippen molar-refractivity contribution in [2.45, 2.75) is 37.6 Å². The van der Waals surface area contributed by atoms with Crippen molar-refractivity contribution in [1.29, 1.82) is 0 Å². The summed E-state index contributed by atoms with van der Waals surface area (Å²) >= 11 is 11.8. The van der Waals surface area contributed by atoms with Gasteiger partial charge in [0.2, 0.25) is 5.91 Å². The van der Waals surface area contributed by atoms with Gasteiger partial charge in [-0.2, -0.15) is 0 Å². The Hall–Kier alpha value is -2.29. The van der Waals surface area contributed by atoms with Gasteiger partial charge in [-0.05, 0) is 55.8 Å². The van der Waals surface area contributed by atoms with E-state index in [0.29, 0.717) is 5.56 Å². The van der Waals surface area contributed by atoms with Crippen LogP contribution in [0.4, 0.5) is 5.69 Å². The first kappa shape index (κ1) is 24.0. The van der Waals surface area contributed by atoms with Crippen LogP contribution in [-0.4, -0.2) is 32.8 Å². The van der Waals surface area contributed by atoms with Crippen LogP contribution in [-0.2, 0) is 14.8 Å². The minimum absolute atomic E-state index is 0.0419. The number of nitrogens with one attached hydrogen (secondary N) is 3. The van der Waals surface area contributed by atoms with Gasteiger partial charge in [0.15, 0.2) is 0 Å². The van der Waals surface area contributed by atoms with Crippen LogP contribution in [0.1, 0.15) is 37.0 Å². The molecule has 0 saturated carbocycles. The van der Waals surface area contributed by atoms with Crippen LogP contribution in [0.15, 0.2) is 47.4 Å². The number of sulfonamides is 1. The lowest BCUT2D eigenvalue weighted by Crippen LogP contribution is -2.35. The maximum absolute atomic E-state index is 12.5. The number of amides is 2. The lowest BCUT2D eigenvalue weighted by Gasteiger charge is -2.12. The second-order valence-corrected chi connectivity index (χ2v) is 9.13. The minimum Gasteiger partial charge on any atom is -0.354 e. The summed E-state index contributed by atoms with van der Waals surface area (Å²) in [5.41, 5.74) is 0.594. The Morgan fingerprint density at radius 3 is 2.37 bits per heavy atom. The topological polar surface area (TPSA) is 104 Å². The molecule has 0 aromatic heterocycles. The third-order valence-corrected chi connectivity index (χ3v) is 6.34. The molecule has 0 aliphatic carbocycles. The molecule has 2 amide bonds. The van der Waals surface area contributed by atoms with E-state index in [9.17, 15) is 18.0 Å². The molecule has 0 radical (unpaired) electrons. The molecule has 2 rings (SSSR count). The molecule has 0 spiro atoms.